The maximum absolute atomic E-state index is 12.8. The fourth-order valence-electron chi connectivity index (χ4n) is 2.82. The second-order valence-corrected chi connectivity index (χ2v) is 5.62. The second kappa shape index (κ2) is 5.16. The molecule has 3 rings (SSSR count). The predicted molar refractivity (Wildman–Crippen MR) is 70.8 cm³/mol. The molecule has 2 atom stereocenters. The molecule has 8 heteroatoms. The summed E-state index contributed by atoms with van der Waals surface area (Å²) in [5.74, 6) is -0.0503. The highest BCUT2D eigenvalue weighted by molar-refractivity contribution is 5.44. The smallest absolute Gasteiger partial charge is 0.366 e. The van der Waals surface area contributed by atoms with Gasteiger partial charge in [0.15, 0.2) is 5.65 Å². The Labute approximate surface area is 119 Å². The Hall–Kier alpha value is -1.86. The van der Waals surface area contributed by atoms with E-state index in [1.165, 1.54) is 12.5 Å². The van der Waals surface area contributed by atoms with Crippen molar-refractivity contribution in [1.29, 1.82) is 0 Å². The van der Waals surface area contributed by atoms with E-state index in [0.29, 0.717) is 11.7 Å². The van der Waals surface area contributed by atoms with Crippen LogP contribution >= 0.6 is 0 Å². The third kappa shape index (κ3) is 2.93. The van der Waals surface area contributed by atoms with E-state index >= 15 is 0 Å². The molecule has 1 aliphatic rings. The number of aromatic nitrogens is 4. The van der Waals surface area contributed by atoms with Gasteiger partial charge in [0, 0.05) is 6.04 Å². The molecule has 1 fully saturated rings. The summed E-state index contributed by atoms with van der Waals surface area (Å²) in [7, 11) is 0. The monoisotopic (exact) mass is 299 g/mol. The van der Waals surface area contributed by atoms with Crippen molar-refractivity contribution >= 4 is 11.5 Å². The van der Waals surface area contributed by atoms with E-state index in [1.807, 2.05) is 0 Å². The number of nitrogens with one attached hydrogen (secondary N) is 1. The van der Waals surface area contributed by atoms with Crippen LogP contribution in [0, 0.1) is 5.92 Å². The van der Waals surface area contributed by atoms with Gasteiger partial charge in [-0.05, 0) is 30.9 Å². The zero-order valence-electron chi connectivity index (χ0n) is 11.6. The van der Waals surface area contributed by atoms with Crippen LogP contribution in [0.4, 0.5) is 19.0 Å². The van der Waals surface area contributed by atoms with Crippen LogP contribution in [0.3, 0.4) is 0 Å². The van der Waals surface area contributed by atoms with Crippen molar-refractivity contribution in [2.24, 2.45) is 5.92 Å². The van der Waals surface area contributed by atoms with Crippen molar-refractivity contribution in [2.45, 2.75) is 44.8 Å². The number of alkyl halides is 3. The quantitative estimate of drug-likeness (QED) is 0.925. The van der Waals surface area contributed by atoms with E-state index in [4.69, 9.17) is 0 Å². The van der Waals surface area contributed by atoms with Crippen LogP contribution in [-0.4, -0.2) is 25.9 Å². The molecule has 0 amide bonds. The lowest BCUT2D eigenvalue weighted by atomic mass is 9.87. The number of hydrogen-bond donors (Lipinski definition) is 1. The molecule has 0 aromatic carbocycles. The summed E-state index contributed by atoms with van der Waals surface area (Å²) in [5.41, 5.74) is 0.0879. The molecule has 0 radical (unpaired) electrons. The highest BCUT2D eigenvalue weighted by Gasteiger charge is 2.37. The van der Waals surface area contributed by atoms with Crippen molar-refractivity contribution < 1.29 is 13.2 Å². The number of hydrogen-bond acceptors (Lipinski definition) is 4. The first-order valence-corrected chi connectivity index (χ1v) is 6.99. The predicted octanol–water partition coefficient (Wildman–Crippen LogP) is 3.13. The summed E-state index contributed by atoms with van der Waals surface area (Å²) >= 11 is 0. The Morgan fingerprint density at radius 2 is 2.05 bits per heavy atom. The third-order valence-corrected chi connectivity index (χ3v) is 3.80. The summed E-state index contributed by atoms with van der Waals surface area (Å²) in [5, 5.41) is 13.9. The number of anilines is 1. The lowest BCUT2D eigenvalue weighted by Crippen LogP contribution is -2.27. The molecule has 1 saturated carbocycles. The van der Waals surface area contributed by atoms with Gasteiger partial charge in [0.2, 0.25) is 0 Å². The molecule has 0 saturated heterocycles. The number of rotatable bonds is 2. The maximum atomic E-state index is 12.8. The molecule has 2 aromatic heterocycles. The molecule has 2 heterocycles. The first-order valence-electron chi connectivity index (χ1n) is 6.99. The first kappa shape index (κ1) is 14.1. The summed E-state index contributed by atoms with van der Waals surface area (Å²) in [4.78, 5) is 0. The van der Waals surface area contributed by atoms with Crippen molar-refractivity contribution in [3.63, 3.8) is 0 Å². The van der Waals surface area contributed by atoms with Crippen LogP contribution in [0.25, 0.3) is 5.65 Å². The molecule has 0 aliphatic heterocycles. The van der Waals surface area contributed by atoms with Crippen molar-refractivity contribution in [1.82, 2.24) is 19.8 Å². The number of halogens is 3. The molecule has 2 unspecified atom stereocenters. The Balaban J connectivity index is 1.86. The summed E-state index contributed by atoms with van der Waals surface area (Å²) in [6, 6.07) is 3.39. The van der Waals surface area contributed by atoms with Gasteiger partial charge >= 0.3 is 6.18 Å². The van der Waals surface area contributed by atoms with E-state index in [9.17, 15) is 13.2 Å². The Kier molecular flexibility index (Phi) is 3.46. The maximum Gasteiger partial charge on any atom is 0.453 e. The van der Waals surface area contributed by atoms with Crippen LogP contribution in [0.1, 0.15) is 38.4 Å². The number of fused-ring (bicyclic) bond motifs is 1. The highest BCUT2D eigenvalue weighted by Crippen LogP contribution is 2.28. The average Bonchev–Trinajstić information content (AvgIpc) is 2.81. The zero-order chi connectivity index (χ0) is 15.0. The van der Waals surface area contributed by atoms with Crippen molar-refractivity contribution in [3.8, 4) is 0 Å². The topological polar surface area (TPSA) is 55.1 Å². The third-order valence-electron chi connectivity index (χ3n) is 3.80. The Morgan fingerprint density at radius 3 is 2.76 bits per heavy atom. The minimum Gasteiger partial charge on any atom is -0.366 e. The molecule has 21 heavy (non-hydrogen) atoms. The zero-order valence-corrected chi connectivity index (χ0v) is 11.6. The van der Waals surface area contributed by atoms with E-state index in [0.717, 1.165) is 23.8 Å². The van der Waals surface area contributed by atoms with Gasteiger partial charge in [-0.2, -0.15) is 17.7 Å². The molecule has 114 valence electrons. The molecule has 1 N–H and O–H groups in total. The lowest BCUT2D eigenvalue weighted by molar-refractivity contribution is -0.146. The van der Waals surface area contributed by atoms with E-state index < -0.39 is 12.0 Å². The van der Waals surface area contributed by atoms with Crippen molar-refractivity contribution in [3.05, 3.63) is 18.0 Å². The second-order valence-electron chi connectivity index (χ2n) is 5.62. The van der Waals surface area contributed by atoms with Gasteiger partial charge in [-0.25, -0.2) is 0 Å². The van der Waals surface area contributed by atoms with Gasteiger partial charge in [-0.1, -0.05) is 19.8 Å². The van der Waals surface area contributed by atoms with E-state index in [2.05, 4.69) is 27.5 Å². The Bertz CT molecular complexity index is 636. The van der Waals surface area contributed by atoms with Crippen LogP contribution < -0.4 is 5.32 Å². The summed E-state index contributed by atoms with van der Waals surface area (Å²) in [6.45, 7) is 2.19. The largest absolute Gasteiger partial charge is 0.453 e. The Morgan fingerprint density at radius 1 is 1.24 bits per heavy atom. The van der Waals surface area contributed by atoms with Crippen LogP contribution in [0.2, 0.25) is 0 Å². The lowest BCUT2D eigenvalue weighted by Gasteiger charge is -2.27. The molecular formula is C13H16F3N5. The normalized spacial score (nSPS) is 23.4. The molecule has 0 spiro atoms. The number of nitrogens with zero attached hydrogens (tertiary/aromatic N) is 4. The van der Waals surface area contributed by atoms with Crippen LogP contribution in [-0.2, 0) is 6.18 Å². The van der Waals surface area contributed by atoms with E-state index in [1.54, 1.807) is 6.07 Å². The van der Waals surface area contributed by atoms with Crippen LogP contribution in [0.15, 0.2) is 12.1 Å². The summed E-state index contributed by atoms with van der Waals surface area (Å²) < 4.78 is 39.2. The molecule has 0 bridgehead atoms. The van der Waals surface area contributed by atoms with Gasteiger partial charge in [0.25, 0.3) is 5.82 Å². The first-order chi connectivity index (χ1) is 9.93. The fraction of sp³-hybridized carbons (Fsp3) is 0.615. The van der Waals surface area contributed by atoms with Gasteiger partial charge < -0.3 is 5.32 Å². The van der Waals surface area contributed by atoms with Gasteiger partial charge in [-0.15, -0.1) is 15.3 Å². The fourth-order valence-corrected chi connectivity index (χ4v) is 2.82. The molecule has 2 aromatic rings. The highest BCUT2D eigenvalue weighted by atomic mass is 19.4. The van der Waals surface area contributed by atoms with Crippen LogP contribution in [0.5, 0.6) is 0 Å². The van der Waals surface area contributed by atoms with Gasteiger partial charge in [0.1, 0.15) is 5.82 Å². The van der Waals surface area contributed by atoms with Gasteiger partial charge in [-0.3, -0.25) is 0 Å². The summed E-state index contributed by atoms with van der Waals surface area (Å²) in [6.07, 6.45) is -0.216. The average molecular weight is 299 g/mol. The minimum absolute atomic E-state index is 0.0879. The molecule has 1 aliphatic carbocycles. The standard InChI is InChI=1S/C13H16F3N5/c1-8-3-2-4-9(7-8)17-10-5-6-11-18-19-12(13(14,15)16)21(11)20-10/h5-6,8-9H,2-4,7H2,1H3,(H,17,20). The van der Waals surface area contributed by atoms with E-state index in [-0.39, 0.29) is 11.7 Å². The molecule has 5 nitrogen and oxygen atoms in total. The minimum atomic E-state index is -4.57. The van der Waals surface area contributed by atoms with Gasteiger partial charge in [0.05, 0.1) is 0 Å². The SMILES string of the molecule is CC1CCCC(Nc2ccc3nnc(C(F)(F)F)n3n2)C1. The van der Waals surface area contributed by atoms with Crippen molar-refractivity contribution in [2.75, 3.05) is 5.32 Å². The molecular weight excluding hydrogens is 283 g/mol.